The number of carboxylic acids is 1. The summed E-state index contributed by atoms with van der Waals surface area (Å²) in [4.78, 5) is 53.7. The van der Waals surface area contributed by atoms with Gasteiger partial charge in [0.05, 0.1) is 49.1 Å². The van der Waals surface area contributed by atoms with Crippen LogP contribution >= 0.6 is 0 Å². The van der Waals surface area contributed by atoms with Crippen molar-refractivity contribution >= 4 is 29.8 Å². The predicted molar refractivity (Wildman–Crippen MR) is 238 cm³/mol. The molecule has 4 unspecified atom stereocenters. The summed E-state index contributed by atoms with van der Waals surface area (Å²) in [5.41, 5.74) is 2.01. The number of aliphatic hydroxyl groups excluding tert-OH is 3. The smallest absolute Gasteiger partial charge is 0.336 e. The Kier molecular flexibility index (Phi) is 16.1. The number of rotatable bonds is 7. The Morgan fingerprint density at radius 1 is 0.923 bits per heavy atom. The number of aromatic nitrogens is 3. The Hall–Kier alpha value is -5.20. The zero-order valence-electron chi connectivity index (χ0n) is 37.3. The van der Waals surface area contributed by atoms with Gasteiger partial charge in [-0.25, -0.2) is 9.48 Å². The van der Waals surface area contributed by atoms with Crippen LogP contribution in [0.25, 0.3) is 6.08 Å². The second-order valence-electron chi connectivity index (χ2n) is 18.2. The number of amides is 3. The molecule has 17 heteroatoms. The molecular formula is C48H64N6O11. The number of hydrogen-bond acceptors (Lipinski definition) is 12. The van der Waals surface area contributed by atoms with Crippen LogP contribution in [0.15, 0.2) is 48.7 Å². The van der Waals surface area contributed by atoms with Gasteiger partial charge in [-0.3, -0.25) is 14.4 Å². The van der Waals surface area contributed by atoms with E-state index in [-0.39, 0.29) is 36.8 Å². The Bertz CT molecular complexity index is 2140. The van der Waals surface area contributed by atoms with Gasteiger partial charge in [0, 0.05) is 43.7 Å². The van der Waals surface area contributed by atoms with Gasteiger partial charge in [0.1, 0.15) is 24.5 Å². The lowest BCUT2D eigenvalue weighted by Gasteiger charge is -2.47. The number of carbonyl (C=O) groups is 4. The van der Waals surface area contributed by atoms with Crippen LogP contribution in [0.4, 0.5) is 0 Å². The summed E-state index contributed by atoms with van der Waals surface area (Å²) in [6.07, 6.45) is 6.42. The Morgan fingerprint density at radius 2 is 1.69 bits per heavy atom. The molecule has 3 aromatic rings. The van der Waals surface area contributed by atoms with Crippen molar-refractivity contribution in [2.75, 3.05) is 26.4 Å². The molecule has 8 rings (SSSR count). The van der Waals surface area contributed by atoms with Crippen molar-refractivity contribution in [3.05, 3.63) is 82.2 Å². The second-order valence-corrected chi connectivity index (χ2v) is 18.2. The molecular weight excluding hydrogens is 837 g/mol. The third-order valence-electron chi connectivity index (χ3n) is 13.2. The van der Waals surface area contributed by atoms with Crippen molar-refractivity contribution in [3.8, 4) is 5.75 Å². The first kappa shape index (κ1) is 47.8. The molecule has 5 heterocycles. The second kappa shape index (κ2) is 21.9. The average molecular weight is 901 g/mol. The minimum absolute atomic E-state index is 0.0784. The fraction of sp³-hybridized carbons (Fsp3) is 0.583. The first-order valence-electron chi connectivity index (χ1n) is 23.1. The fourth-order valence-electron chi connectivity index (χ4n) is 9.63. The highest BCUT2D eigenvalue weighted by molar-refractivity contribution is 5.95. The van der Waals surface area contributed by atoms with Crippen LogP contribution in [0, 0.1) is 19.8 Å². The minimum atomic E-state index is -2.10. The summed E-state index contributed by atoms with van der Waals surface area (Å²) in [5, 5.41) is 62.6. The lowest BCUT2D eigenvalue weighted by Crippen LogP contribution is -2.67. The number of benzene rings is 2. The van der Waals surface area contributed by atoms with Gasteiger partial charge in [0.15, 0.2) is 5.60 Å². The third kappa shape index (κ3) is 12.0. The van der Waals surface area contributed by atoms with Crippen LogP contribution in [0.3, 0.4) is 0 Å². The molecule has 352 valence electrons. The highest BCUT2D eigenvalue weighted by atomic mass is 16.6. The number of carbonyl (C=O) groups excluding carboxylic acids is 3. The lowest BCUT2D eigenvalue weighted by atomic mass is 9.81. The summed E-state index contributed by atoms with van der Waals surface area (Å²) in [6.45, 7) is 4.32. The Morgan fingerprint density at radius 3 is 2.43 bits per heavy atom. The van der Waals surface area contributed by atoms with Crippen molar-refractivity contribution in [2.45, 2.75) is 145 Å². The van der Waals surface area contributed by atoms with Crippen LogP contribution in [0.1, 0.15) is 127 Å². The van der Waals surface area contributed by atoms with Crippen LogP contribution < -0.4 is 20.7 Å². The molecule has 2 aromatic carbocycles. The Balaban J connectivity index is 1.16. The Labute approximate surface area is 379 Å². The average Bonchev–Trinajstić information content (AvgIpc) is 3.77. The van der Waals surface area contributed by atoms with E-state index in [0.29, 0.717) is 44.0 Å². The molecule has 17 nitrogen and oxygen atoms in total. The number of hydrogen-bond donors (Lipinski definition) is 7. The number of aliphatic hydroxyl groups is 3. The van der Waals surface area contributed by atoms with Crippen molar-refractivity contribution in [2.24, 2.45) is 5.92 Å². The van der Waals surface area contributed by atoms with Crippen molar-refractivity contribution in [1.29, 1.82) is 0 Å². The molecule has 1 aliphatic carbocycles. The normalized spacial score (nSPS) is 29.1. The van der Waals surface area contributed by atoms with E-state index in [1.54, 1.807) is 30.5 Å². The highest BCUT2D eigenvalue weighted by Crippen LogP contribution is 2.36. The molecule has 8 atom stereocenters. The van der Waals surface area contributed by atoms with Crippen molar-refractivity contribution in [1.82, 2.24) is 30.9 Å². The molecule has 3 amide bonds. The molecule has 0 spiro atoms. The molecule has 1 aromatic heterocycles. The zero-order chi connectivity index (χ0) is 46.1. The lowest BCUT2D eigenvalue weighted by molar-refractivity contribution is -0.226. The van der Waals surface area contributed by atoms with E-state index in [4.69, 9.17) is 14.2 Å². The molecule has 7 N–H and O–H groups in total. The number of fused-ring (bicyclic) bond motifs is 12. The summed E-state index contributed by atoms with van der Waals surface area (Å²) in [7, 11) is 0. The molecule has 2 saturated heterocycles. The number of nitrogens with zero attached hydrogens (tertiary/aromatic N) is 3. The van der Waals surface area contributed by atoms with E-state index in [1.165, 1.54) is 11.1 Å². The van der Waals surface area contributed by atoms with E-state index in [9.17, 15) is 39.6 Å². The maximum absolute atomic E-state index is 13.6. The van der Waals surface area contributed by atoms with E-state index >= 15 is 0 Å². The number of carboxylic acid groups (broad SMARTS) is 1. The van der Waals surface area contributed by atoms with Gasteiger partial charge in [-0.1, -0.05) is 54.8 Å². The number of aliphatic carboxylic acids is 1. The fourth-order valence-corrected chi connectivity index (χ4v) is 9.63. The van der Waals surface area contributed by atoms with Gasteiger partial charge in [-0.05, 0) is 99.2 Å². The maximum Gasteiger partial charge on any atom is 0.336 e. The van der Waals surface area contributed by atoms with E-state index in [0.717, 1.165) is 72.9 Å². The third-order valence-corrected chi connectivity index (χ3v) is 13.2. The van der Waals surface area contributed by atoms with Gasteiger partial charge < -0.3 is 50.6 Å². The molecule has 6 bridgehead atoms. The molecule has 5 aliphatic rings. The van der Waals surface area contributed by atoms with Gasteiger partial charge in [0.25, 0.3) is 5.91 Å². The van der Waals surface area contributed by atoms with Gasteiger partial charge in [-0.2, -0.15) is 0 Å². The zero-order valence-corrected chi connectivity index (χ0v) is 37.3. The molecule has 0 radical (unpaired) electrons. The first-order valence-corrected chi connectivity index (χ1v) is 23.1. The molecule has 1 saturated carbocycles. The van der Waals surface area contributed by atoms with Crippen LogP contribution in [0.2, 0.25) is 0 Å². The van der Waals surface area contributed by atoms with Crippen molar-refractivity contribution in [3.63, 3.8) is 0 Å². The molecule has 3 fully saturated rings. The summed E-state index contributed by atoms with van der Waals surface area (Å²) >= 11 is 0. The first-order chi connectivity index (χ1) is 31.3. The van der Waals surface area contributed by atoms with Gasteiger partial charge in [0.2, 0.25) is 11.8 Å². The van der Waals surface area contributed by atoms with Gasteiger partial charge >= 0.3 is 5.97 Å². The minimum Gasteiger partial charge on any atom is -0.493 e. The summed E-state index contributed by atoms with van der Waals surface area (Å²) in [5.74, 6) is -2.01. The maximum atomic E-state index is 13.6. The SMILES string of the molecule is Cc1cc2cc(C)c1OCCCC[C@H](NC(=O)C1CCCOC1)c1cccc(c1)/C=C/CC1(C(=O)O)C[C@H](O)C(NC(=O)Cn3cc(C4CCCCC4)nn3)C(O1)[C@H](O)[C@H](O)CNC2=O. The van der Waals surface area contributed by atoms with E-state index < -0.39 is 66.8 Å². The highest BCUT2D eigenvalue weighted by Gasteiger charge is 2.54. The monoisotopic (exact) mass is 900 g/mol. The standard InChI is InChI=1S/C48H64N6O11/c1-29-21-35-22-30(2)43(29)64-20-7-6-17-36(50-46(60)34-16-10-19-63-28-34)33-15-8-11-31(23-33)12-9-18-48(47(61)62)24-38(55)41(44(65-48)42(58)39(56)25-49-45(35)59)51-40(57)27-54-26-37(52-53-54)32-13-4-3-5-14-32/h8-9,11-12,15,21-23,26,32,34,36,38-39,41-42,44,55-56,58H,3-7,10,13-14,16-20,24-25,27-28H2,1-2H3,(H,49,59)(H,50,60)(H,51,57)(H,61,62)/b12-9+/t34?,36-,38-,39+,41?,42+,44?,48?/m0/s1. The number of nitrogens with one attached hydrogen (secondary N) is 3. The molecule has 65 heavy (non-hydrogen) atoms. The summed E-state index contributed by atoms with van der Waals surface area (Å²) < 4.78 is 19.5. The van der Waals surface area contributed by atoms with E-state index in [2.05, 4.69) is 26.3 Å². The molecule has 4 aliphatic heterocycles. The number of ether oxygens (including phenoxy) is 3. The van der Waals surface area contributed by atoms with Crippen LogP contribution in [0.5, 0.6) is 5.75 Å². The summed E-state index contributed by atoms with van der Waals surface area (Å²) in [6, 6.07) is 9.21. The predicted octanol–water partition coefficient (Wildman–Crippen LogP) is 3.80. The van der Waals surface area contributed by atoms with Crippen LogP contribution in [-0.4, -0.2) is 122 Å². The van der Waals surface area contributed by atoms with Gasteiger partial charge in [-0.15, -0.1) is 5.10 Å². The van der Waals surface area contributed by atoms with E-state index in [1.807, 2.05) is 38.1 Å². The largest absolute Gasteiger partial charge is 0.493 e. The van der Waals surface area contributed by atoms with Crippen LogP contribution in [-0.2, 0) is 30.4 Å². The quantitative estimate of drug-likeness (QED) is 0.179. The van der Waals surface area contributed by atoms with Crippen molar-refractivity contribution < 1.29 is 53.8 Å². The number of aryl methyl sites for hydroxylation is 2. The topological polar surface area (TPSA) is 244 Å².